The number of likely N-dealkylation sites (tertiary alicyclic amines) is 1. The van der Waals surface area contributed by atoms with Gasteiger partial charge in [0.15, 0.2) is 0 Å². The normalized spacial score (nSPS) is 21.8. The number of carbonyl (C=O) groups excluding carboxylic acids is 1. The van der Waals surface area contributed by atoms with Crippen LogP contribution in [0.5, 0.6) is 0 Å². The highest BCUT2D eigenvalue weighted by Crippen LogP contribution is 2.30. The SMILES string of the molecule is COCC1(C(=O)NCC(c2ccccc2)N2CCCC2)CCNCC1. The number of methoxy groups -OCH3 is 1. The van der Waals surface area contributed by atoms with Crippen molar-refractivity contribution < 1.29 is 9.53 Å². The zero-order valence-electron chi connectivity index (χ0n) is 15.3. The van der Waals surface area contributed by atoms with Crippen molar-refractivity contribution in [2.45, 2.75) is 31.7 Å². The van der Waals surface area contributed by atoms with Gasteiger partial charge in [-0.05, 0) is 57.4 Å². The summed E-state index contributed by atoms with van der Waals surface area (Å²) in [6.07, 6.45) is 4.17. The molecule has 1 atom stereocenters. The van der Waals surface area contributed by atoms with Gasteiger partial charge in [-0.1, -0.05) is 30.3 Å². The molecule has 1 amide bonds. The number of nitrogens with one attached hydrogen (secondary N) is 2. The number of hydrogen-bond donors (Lipinski definition) is 2. The van der Waals surface area contributed by atoms with E-state index in [-0.39, 0.29) is 17.4 Å². The minimum absolute atomic E-state index is 0.149. The molecular formula is C20H31N3O2. The largest absolute Gasteiger partial charge is 0.384 e. The first-order valence-corrected chi connectivity index (χ1v) is 9.52. The topological polar surface area (TPSA) is 53.6 Å². The zero-order valence-corrected chi connectivity index (χ0v) is 15.3. The molecule has 0 aliphatic carbocycles. The van der Waals surface area contributed by atoms with E-state index in [2.05, 4.69) is 39.8 Å². The van der Waals surface area contributed by atoms with Crippen molar-refractivity contribution in [1.82, 2.24) is 15.5 Å². The fraction of sp³-hybridized carbons (Fsp3) is 0.650. The lowest BCUT2D eigenvalue weighted by Gasteiger charge is -2.36. The van der Waals surface area contributed by atoms with Crippen molar-refractivity contribution in [2.75, 3.05) is 46.4 Å². The van der Waals surface area contributed by atoms with Gasteiger partial charge in [0.25, 0.3) is 0 Å². The molecule has 0 bridgehead atoms. The smallest absolute Gasteiger partial charge is 0.228 e. The maximum absolute atomic E-state index is 13.0. The van der Waals surface area contributed by atoms with Gasteiger partial charge in [0.1, 0.15) is 0 Å². The van der Waals surface area contributed by atoms with Crippen LogP contribution >= 0.6 is 0 Å². The summed E-state index contributed by atoms with van der Waals surface area (Å²) >= 11 is 0. The molecule has 2 aliphatic rings. The molecule has 138 valence electrons. The molecule has 2 aliphatic heterocycles. The van der Waals surface area contributed by atoms with E-state index in [0.29, 0.717) is 13.2 Å². The Balaban J connectivity index is 1.68. The van der Waals surface area contributed by atoms with Crippen LogP contribution in [0.3, 0.4) is 0 Å². The Kier molecular flexibility index (Phi) is 6.45. The van der Waals surface area contributed by atoms with Crippen LogP contribution in [0.1, 0.15) is 37.3 Å². The van der Waals surface area contributed by atoms with Crippen molar-refractivity contribution in [3.63, 3.8) is 0 Å². The van der Waals surface area contributed by atoms with Crippen LogP contribution in [0.15, 0.2) is 30.3 Å². The molecule has 0 saturated carbocycles. The van der Waals surface area contributed by atoms with Gasteiger partial charge in [-0.15, -0.1) is 0 Å². The van der Waals surface area contributed by atoms with Crippen LogP contribution in [0.4, 0.5) is 0 Å². The Hall–Kier alpha value is -1.43. The summed E-state index contributed by atoms with van der Waals surface area (Å²) in [4.78, 5) is 15.5. The molecule has 1 aromatic carbocycles. The van der Waals surface area contributed by atoms with Gasteiger partial charge in [-0.3, -0.25) is 9.69 Å². The summed E-state index contributed by atoms with van der Waals surface area (Å²) in [5, 5.41) is 6.61. The van der Waals surface area contributed by atoms with Crippen molar-refractivity contribution in [3.05, 3.63) is 35.9 Å². The van der Waals surface area contributed by atoms with Crippen LogP contribution in [0.25, 0.3) is 0 Å². The second-order valence-electron chi connectivity index (χ2n) is 7.34. The number of piperidine rings is 1. The van der Waals surface area contributed by atoms with Crippen LogP contribution < -0.4 is 10.6 Å². The lowest BCUT2D eigenvalue weighted by atomic mass is 9.78. The molecule has 0 spiro atoms. The third-order valence-electron chi connectivity index (χ3n) is 5.68. The molecule has 2 heterocycles. The molecule has 5 heteroatoms. The first-order chi connectivity index (χ1) is 12.2. The van der Waals surface area contributed by atoms with Crippen LogP contribution in [-0.2, 0) is 9.53 Å². The summed E-state index contributed by atoms with van der Waals surface area (Å²) in [7, 11) is 1.69. The minimum Gasteiger partial charge on any atom is -0.384 e. The van der Waals surface area contributed by atoms with Crippen molar-refractivity contribution in [2.24, 2.45) is 5.41 Å². The van der Waals surface area contributed by atoms with Gasteiger partial charge in [0.2, 0.25) is 5.91 Å². The van der Waals surface area contributed by atoms with E-state index in [4.69, 9.17) is 4.74 Å². The van der Waals surface area contributed by atoms with Gasteiger partial charge in [-0.2, -0.15) is 0 Å². The highest BCUT2D eigenvalue weighted by Gasteiger charge is 2.40. The fourth-order valence-electron chi connectivity index (χ4n) is 4.18. The van der Waals surface area contributed by atoms with E-state index in [1.807, 2.05) is 6.07 Å². The molecule has 1 unspecified atom stereocenters. The van der Waals surface area contributed by atoms with Gasteiger partial charge in [0, 0.05) is 13.7 Å². The molecular weight excluding hydrogens is 314 g/mol. The Morgan fingerprint density at radius 2 is 1.92 bits per heavy atom. The first-order valence-electron chi connectivity index (χ1n) is 9.52. The number of nitrogens with zero attached hydrogens (tertiary/aromatic N) is 1. The number of benzene rings is 1. The predicted molar refractivity (Wildman–Crippen MR) is 99.4 cm³/mol. The Morgan fingerprint density at radius 1 is 1.24 bits per heavy atom. The third kappa shape index (κ3) is 4.40. The molecule has 1 aromatic rings. The zero-order chi connectivity index (χ0) is 17.5. The highest BCUT2D eigenvalue weighted by molar-refractivity contribution is 5.83. The Labute approximate surface area is 151 Å². The second kappa shape index (κ2) is 8.79. The lowest BCUT2D eigenvalue weighted by molar-refractivity contribution is -0.136. The molecule has 0 aromatic heterocycles. The number of carbonyl (C=O) groups is 1. The average molecular weight is 345 g/mol. The molecule has 2 saturated heterocycles. The van der Waals surface area contributed by atoms with Gasteiger partial charge in [0.05, 0.1) is 18.1 Å². The summed E-state index contributed by atoms with van der Waals surface area (Å²) < 4.78 is 5.40. The summed E-state index contributed by atoms with van der Waals surface area (Å²) in [6.45, 7) is 5.16. The number of rotatable bonds is 7. The minimum atomic E-state index is -0.383. The summed E-state index contributed by atoms with van der Waals surface area (Å²) in [5.74, 6) is 0.149. The first kappa shape index (κ1) is 18.4. The molecule has 3 rings (SSSR count). The van der Waals surface area contributed by atoms with Crippen LogP contribution in [0, 0.1) is 5.41 Å². The summed E-state index contributed by atoms with van der Waals surface area (Å²) in [5.41, 5.74) is 0.905. The standard InChI is InChI=1S/C20H31N3O2/c1-25-16-20(9-11-21-12-10-20)19(24)22-15-18(23-13-5-6-14-23)17-7-3-2-4-8-17/h2-4,7-8,18,21H,5-6,9-16H2,1H3,(H,22,24). The summed E-state index contributed by atoms with van der Waals surface area (Å²) in [6, 6.07) is 10.8. The number of ether oxygens (including phenoxy) is 1. The van der Waals surface area contributed by atoms with E-state index >= 15 is 0 Å². The maximum Gasteiger partial charge on any atom is 0.228 e. The van der Waals surface area contributed by atoms with Crippen molar-refractivity contribution in [3.8, 4) is 0 Å². The predicted octanol–water partition coefficient (Wildman–Crippen LogP) is 1.96. The second-order valence-corrected chi connectivity index (χ2v) is 7.34. The lowest BCUT2D eigenvalue weighted by Crippen LogP contribution is -2.51. The van der Waals surface area contributed by atoms with Crippen molar-refractivity contribution >= 4 is 5.91 Å². The monoisotopic (exact) mass is 345 g/mol. The van der Waals surface area contributed by atoms with E-state index in [0.717, 1.165) is 39.0 Å². The molecule has 5 nitrogen and oxygen atoms in total. The van der Waals surface area contributed by atoms with Gasteiger partial charge >= 0.3 is 0 Å². The van der Waals surface area contributed by atoms with Crippen LogP contribution in [-0.4, -0.2) is 57.2 Å². The molecule has 25 heavy (non-hydrogen) atoms. The Bertz CT molecular complexity index is 532. The maximum atomic E-state index is 13.0. The quantitative estimate of drug-likeness (QED) is 0.793. The molecule has 2 fully saturated rings. The van der Waals surface area contributed by atoms with E-state index in [1.165, 1.54) is 18.4 Å². The Morgan fingerprint density at radius 3 is 2.56 bits per heavy atom. The van der Waals surface area contributed by atoms with Crippen LogP contribution in [0.2, 0.25) is 0 Å². The van der Waals surface area contributed by atoms with E-state index in [1.54, 1.807) is 7.11 Å². The third-order valence-corrected chi connectivity index (χ3v) is 5.68. The number of hydrogen-bond acceptors (Lipinski definition) is 4. The molecule has 2 N–H and O–H groups in total. The van der Waals surface area contributed by atoms with Crippen molar-refractivity contribution in [1.29, 1.82) is 0 Å². The van der Waals surface area contributed by atoms with Gasteiger partial charge < -0.3 is 15.4 Å². The molecule has 0 radical (unpaired) electrons. The van der Waals surface area contributed by atoms with E-state index in [9.17, 15) is 4.79 Å². The fourth-order valence-corrected chi connectivity index (χ4v) is 4.18. The van der Waals surface area contributed by atoms with Gasteiger partial charge in [-0.25, -0.2) is 0 Å². The highest BCUT2D eigenvalue weighted by atomic mass is 16.5. The average Bonchev–Trinajstić information content (AvgIpc) is 3.18. The number of amides is 1. The van der Waals surface area contributed by atoms with E-state index < -0.39 is 0 Å².